The van der Waals surface area contributed by atoms with Crippen molar-refractivity contribution in [2.24, 2.45) is 12.8 Å². The normalized spacial score (nSPS) is 10.3. The van der Waals surface area contributed by atoms with E-state index in [1.54, 1.807) is 12.4 Å². The summed E-state index contributed by atoms with van der Waals surface area (Å²) in [6.45, 7) is 2.61. The van der Waals surface area contributed by atoms with E-state index in [1.165, 1.54) is 0 Å². The minimum Gasteiger partial charge on any atom is -0.388 e. The van der Waals surface area contributed by atoms with E-state index in [-0.39, 0.29) is 4.99 Å². The maximum atomic E-state index is 5.59. The first-order valence-corrected chi connectivity index (χ1v) is 5.82. The highest BCUT2D eigenvalue weighted by Gasteiger charge is 2.09. The molecule has 0 aromatic carbocycles. The molecule has 2 heterocycles. The lowest BCUT2D eigenvalue weighted by Gasteiger charge is -2.08. The van der Waals surface area contributed by atoms with Gasteiger partial charge in [0.2, 0.25) is 0 Å². The van der Waals surface area contributed by atoms with Gasteiger partial charge in [-0.25, -0.2) is 9.97 Å². The van der Waals surface area contributed by atoms with Crippen LogP contribution in [0.4, 0.5) is 5.82 Å². The van der Waals surface area contributed by atoms with Gasteiger partial charge < -0.3 is 11.1 Å². The Morgan fingerprint density at radius 3 is 2.78 bits per heavy atom. The summed E-state index contributed by atoms with van der Waals surface area (Å²) in [5.74, 6) is 0.591. The molecule has 0 fully saturated rings. The third-order valence-electron chi connectivity index (χ3n) is 2.71. The zero-order chi connectivity index (χ0) is 13.1. The lowest BCUT2D eigenvalue weighted by atomic mass is 10.2. The van der Waals surface area contributed by atoms with Crippen LogP contribution in [0.15, 0.2) is 18.6 Å². The number of anilines is 1. The summed E-state index contributed by atoms with van der Waals surface area (Å²) in [5, 5.41) is 7.35. The van der Waals surface area contributed by atoms with Crippen molar-refractivity contribution in [1.82, 2.24) is 19.7 Å². The van der Waals surface area contributed by atoms with Crippen molar-refractivity contribution in [2.75, 3.05) is 5.32 Å². The topological polar surface area (TPSA) is 81.7 Å². The number of rotatable bonds is 4. The van der Waals surface area contributed by atoms with Crippen LogP contribution >= 0.6 is 12.2 Å². The molecule has 0 amide bonds. The molecule has 0 aliphatic carbocycles. The Hall–Kier alpha value is -2.02. The predicted octanol–water partition coefficient (Wildman–Crippen LogP) is 0.765. The molecular weight excluding hydrogens is 248 g/mol. The summed E-state index contributed by atoms with van der Waals surface area (Å²) in [4.78, 5) is 8.52. The number of thiocarbonyl (C=S) groups is 1. The van der Waals surface area contributed by atoms with Gasteiger partial charge in [0.15, 0.2) is 5.82 Å². The Morgan fingerprint density at radius 2 is 2.17 bits per heavy atom. The summed E-state index contributed by atoms with van der Waals surface area (Å²) in [6, 6.07) is 0. The Morgan fingerprint density at radius 1 is 1.44 bits per heavy atom. The van der Waals surface area contributed by atoms with Crippen LogP contribution in [0.25, 0.3) is 0 Å². The summed E-state index contributed by atoms with van der Waals surface area (Å²) < 4.78 is 1.82. The lowest BCUT2D eigenvalue weighted by molar-refractivity contribution is 0.738. The Balaban J connectivity index is 2.16. The fraction of sp³-hybridized carbons (Fsp3) is 0.273. The van der Waals surface area contributed by atoms with Crippen molar-refractivity contribution in [1.29, 1.82) is 0 Å². The van der Waals surface area contributed by atoms with Crippen LogP contribution in [0.2, 0.25) is 0 Å². The molecule has 0 saturated heterocycles. The van der Waals surface area contributed by atoms with Crippen LogP contribution in [-0.2, 0) is 13.6 Å². The molecule has 2 aromatic rings. The molecule has 0 saturated carbocycles. The van der Waals surface area contributed by atoms with Crippen LogP contribution in [0.5, 0.6) is 0 Å². The van der Waals surface area contributed by atoms with E-state index in [0.717, 1.165) is 11.3 Å². The number of hydrogen-bond acceptors (Lipinski definition) is 5. The van der Waals surface area contributed by atoms with E-state index in [9.17, 15) is 0 Å². The second-order valence-electron chi connectivity index (χ2n) is 3.85. The number of hydrogen-bond donors (Lipinski definition) is 2. The first-order chi connectivity index (χ1) is 8.59. The van der Waals surface area contributed by atoms with Crippen LogP contribution in [0.3, 0.4) is 0 Å². The zero-order valence-electron chi connectivity index (χ0n) is 10.2. The molecule has 7 heteroatoms. The van der Waals surface area contributed by atoms with E-state index >= 15 is 0 Å². The van der Waals surface area contributed by atoms with Crippen molar-refractivity contribution < 1.29 is 0 Å². The van der Waals surface area contributed by atoms with E-state index in [2.05, 4.69) is 20.4 Å². The van der Waals surface area contributed by atoms with Crippen LogP contribution in [0.1, 0.15) is 17.0 Å². The molecule has 18 heavy (non-hydrogen) atoms. The SMILES string of the molecule is Cc1c(CNc2nccnc2C(N)=S)cnn1C. The van der Waals surface area contributed by atoms with Crippen molar-refractivity contribution in [3.63, 3.8) is 0 Å². The second kappa shape index (κ2) is 5.09. The molecule has 3 N–H and O–H groups in total. The number of nitrogens with two attached hydrogens (primary N) is 1. The van der Waals surface area contributed by atoms with E-state index < -0.39 is 0 Å². The number of aromatic nitrogens is 4. The summed E-state index contributed by atoms with van der Waals surface area (Å²) in [7, 11) is 1.90. The van der Waals surface area contributed by atoms with Gasteiger partial charge >= 0.3 is 0 Å². The van der Waals surface area contributed by atoms with Crippen molar-refractivity contribution in [3.8, 4) is 0 Å². The van der Waals surface area contributed by atoms with Crippen LogP contribution in [0, 0.1) is 6.92 Å². The van der Waals surface area contributed by atoms with Gasteiger partial charge in [-0.1, -0.05) is 12.2 Å². The zero-order valence-corrected chi connectivity index (χ0v) is 11.0. The van der Waals surface area contributed by atoms with Crippen LogP contribution in [-0.4, -0.2) is 24.7 Å². The molecule has 0 aliphatic heterocycles. The molecule has 0 spiro atoms. The van der Waals surface area contributed by atoms with Gasteiger partial charge in [-0.3, -0.25) is 4.68 Å². The largest absolute Gasteiger partial charge is 0.388 e. The van der Waals surface area contributed by atoms with Gasteiger partial charge in [-0.2, -0.15) is 5.10 Å². The van der Waals surface area contributed by atoms with Gasteiger partial charge in [0, 0.05) is 37.2 Å². The average molecular weight is 262 g/mol. The summed E-state index contributed by atoms with van der Waals surface area (Å²) in [6.07, 6.45) is 4.98. The van der Waals surface area contributed by atoms with E-state index in [0.29, 0.717) is 18.1 Å². The fourth-order valence-corrected chi connectivity index (χ4v) is 1.69. The molecule has 94 valence electrons. The highest BCUT2D eigenvalue weighted by Crippen LogP contribution is 2.12. The molecule has 0 bridgehead atoms. The lowest BCUT2D eigenvalue weighted by Crippen LogP contribution is -2.16. The molecule has 0 aliphatic rings. The Bertz CT molecular complexity index is 577. The van der Waals surface area contributed by atoms with Crippen LogP contribution < -0.4 is 11.1 Å². The summed E-state index contributed by atoms with van der Waals surface area (Å²) in [5.41, 5.74) is 8.29. The minimum absolute atomic E-state index is 0.230. The first-order valence-electron chi connectivity index (χ1n) is 5.41. The van der Waals surface area contributed by atoms with Gasteiger partial charge in [-0.15, -0.1) is 0 Å². The molecule has 6 nitrogen and oxygen atoms in total. The van der Waals surface area contributed by atoms with Gasteiger partial charge in [0.1, 0.15) is 10.7 Å². The third kappa shape index (κ3) is 2.45. The van der Waals surface area contributed by atoms with Gasteiger partial charge in [0.25, 0.3) is 0 Å². The van der Waals surface area contributed by atoms with Crippen molar-refractivity contribution >= 4 is 23.0 Å². The Labute approximate surface area is 110 Å². The smallest absolute Gasteiger partial charge is 0.155 e. The molecular formula is C11H14N6S. The molecule has 0 unspecified atom stereocenters. The van der Waals surface area contributed by atoms with Crippen molar-refractivity contribution in [3.05, 3.63) is 35.5 Å². The van der Waals surface area contributed by atoms with Crippen molar-refractivity contribution in [2.45, 2.75) is 13.5 Å². The van der Waals surface area contributed by atoms with E-state index in [1.807, 2.05) is 24.9 Å². The maximum Gasteiger partial charge on any atom is 0.155 e. The second-order valence-corrected chi connectivity index (χ2v) is 4.29. The molecule has 2 aromatic heterocycles. The Kier molecular flexibility index (Phi) is 3.52. The maximum absolute atomic E-state index is 5.59. The average Bonchev–Trinajstić information content (AvgIpc) is 2.68. The molecule has 0 radical (unpaired) electrons. The highest BCUT2D eigenvalue weighted by atomic mass is 32.1. The number of nitrogens with zero attached hydrogens (tertiary/aromatic N) is 4. The van der Waals surface area contributed by atoms with E-state index in [4.69, 9.17) is 18.0 Å². The molecule has 2 rings (SSSR count). The predicted molar refractivity (Wildman–Crippen MR) is 73.2 cm³/mol. The molecule has 0 atom stereocenters. The van der Waals surface area contributed by atoms with Gasteiger partial charge in [-0.05, 0) is 6.92 Å². The minimum atomic E-state index is 0.230. The van der Waals surface area contributed by atoms with Gasteiger partial charge in [0.05, 0.1) is 6.20 Å². The fourth-order valence-electron chi connectivity index (χ4n) is 1.54. The quantitative estimate of drug-likeness (QED) is 0.792. The standard InChI is InChI=1S/C11H14N6S/c1-7-8(6-16-17(7)2)5-15-11-9(10(12)18)13-3-4-14-11/h3-4,6H,5H2,1-2H3,(H2,12,18)(H,14,15). The first kappa shape index (κ1) is 12.4. The number of nitrogens with one attached hydrogen (secondary N) is 1. The third-order valence-corrected chi connectivity index (χ3v) is 2.91. The summed E-state index contributed by atoms with van der Waals surface area (Å²) >= 11 is 4.93. The highest BCUT2D eigenvalue weighted by molar-refractivity contribution is 7.80. The monoisotopic (exact) mass is 262 g/mol. The number of aryl methyl sites for hydroxylation is 1.